The minimum Gasteiger partial charge on any atom is -0.495 e. The monoisotopic (exact) mass is 299 g/mol. The maximum atomic E-state index is 13.9. The summed E-state index contributed by atoms with van der Waals surface area (Å²) < 4.78 is 19.0. The minimum absolute atomic E-state index is 0.0487. The van der Waals surface area contributed by atoms with Crippen LogP contribution in [0.25, 0.3) is 0 Å². The lowest BCUT2D eigenvalue weighted by molar-refractivity contribution is 0.415. The summed E-state index contributed by atoms with van der Waals surface area (Å²) in [6.45, 7) is 0. The second kappa shape index (κ2) is 5.78. The summed E-state index contributed by atoms with van der Waals surface area (Å²) in [5, 5.41) is 0.477. The summed E-state index contributed by atoms with van der Waals surface area (Å²) >= 11 is 11.8. The molecule has 0 aliphatic rings. The molecule has 0 spiro atoms. The maximum Gasteiger partial charge on any atom is 0.146 e. The predicted molar refractivity (Wildman–Crippen MR) is 75.4 cm³/mol. The van der Waals surface area contributed by atoms with Crippen LogP contribution in [0, 0.1) is 5.82 Å². The summed E-state index contributed by atoms with van der Waals surface area (Å²) in [4.78, 5) is 0. The molecular weight excluding hydrogens is 288 g/mol. The van der Waals surface area contributed by atoms with Gasteiger partial charge in [0.2, 0.25) is 0 Å². The highest BCUT2D eigenvalue weighted by atomic mass is 35.5. The summed E-state index contributed by atoms with van der Waals surface area (Å²) in [6, 6.07) is 9.20. The van der Waals surface area contributed by atoms with E-state index in [1.807, 2.05) is 0 Å². The lowest BCUT2D eigenvalue weighted by Crippen LogP contribution is -2.13. The van der Waals surface area contributed by atoms with E-state index in [1.54, 1.807) is 30.3 Å². The van der Waals surface area contributed by atoms with E-state index in [2.05, 4.69) is 0 Å². The Labute approximate surface area is 120 Å². The standard InChI is InChI=1S/C14H12Cl2FNO/c1-19-12-6-5-8(7-11(12)16)14(18)9-3-2-4-10(15)13(9)17/h2-7,14H,18H2,1H3. The molecular formula is C14H12Cl2FNO. The van der Waals surface area contributed by atoms with Gasteiger partial charge in [-0.3, -0.25) is 0 Å². The van der Waals surface area contributed by atoms with Gasteiger partial charge in [-0.2, -0.15) is 0 Å². The fourth-order valence-electron chi connectivity index (χ4n) is 1.82. The van der Waals surface area contributed by atoms with Gasteiger partial charge >= 0.3 is 0 Å². The van der Waals surface area contributed by atoms with E-state index >= 15 is 0 Å². The molecule has 2 aromatic carbocycles. The maximum absolute atomic E-state index is 13.9. The van der Waals surface area contributed by atoms with E-state index in [1.165, 1.54) is 13.2 Å². The van der Waals surface area contributed by atoms with Crippen molar-refractivity contribution in [1.82, 2.24) is 0 Å². The van der Waals surface area contributed by atoms with Crippen molar-refractivity contribution in [3.05, 3.63) is 63.4 Å². The first-order valence-corrected chi connectivity index (χ1v) is 6.33. The molecule has 19 heavy (non-hydrogen) atoms. The fourth-order valence-corrected chi connectivity index (χ4v) is 2.26. The molecule has 2 aromatic rings. The van der Waals surface area contributed by atoms with Gasteiger partial charge in [0, 0.05) is 5.56 Å². The highest BCUT2D eigenvalue weighted by Gasteiger charge is 2.16. The number of rotatable bonds is 3. The Bertz CT molecular complexity index is 604. The van der Waals surface area contributed by atoms with Crippen LogP contribution in [0.2, 0.25) is 10.0 Å². The van der Waals surface area contributed by atoms with Gasteiger partial charge in [0.05, 0.1) is 23.2 Å². The number of ether oxygens (including phenoxy) is 1. The first kappa shape index (κ1) is 14.1. The third-order valence-corrected chi connectivity index (χ3v) is 3.44. The smallest absolute Gasteiger partial charge is 0.146 e. The average Bonchev–Trinajstić information content (AvgIpc) is 2.41. The van der Waals surface area contributed by atoms with Gasteiger partial charge in [0.15, 0.2) is 0 Å². The SMILES string of the molecule is COc1ccc(C(N)c2cccc(Cl)c2F)cc1Cl. The normalized spacial score (nSPS) is 12.3. The lowest BCUT2D eigenvalue weighted by atomic mass is 9.99. The second-order valence-corrected chi connectivity index (χ2v) is 4.83. The Morgan fingerprint density at radius 3 is 2.53 bits per heavy atom. The van der Waals surface area contributed by atoms with Crippen molar-refractivity contribution in [3.8, 4) is 5.75 Å². The number of methoxy groups -OCH3 is 1. The van der Waals surface area contributed by atoms with Crippen LogP contribution in [-0.4, -0.2) is 7.11 Å². The quantitative estimate of drug-likeness (QED) is 0.922. The molecule has 100 valence electrons. The number of hydrogen-bond donors (Lipinski definition) is 1. The Morgan fingerprint density at radius 2 is 1.89 bits per heavy atom. The van der Waals surface area contributed by atoms with Crippen molar-refractivity contribution >= 4 is 23.2 Å². The van der Waals surface area contributed by atoms with Gasteiger partial charge in [-0.1, -0.05) is 41.4 Å². The molecule has 0 radical (unpaired) electrons. The number of halogens is 3. The van der Waals surface area contributed by atoms with Crippen LogP contribution in [-0.2, 0) is 0 Å². The lowest BCUT2D eigenvalue weighted by Gasteiger charge is -2.15. The molecule has 0 saturated heterocycles. The molecule has 2 N–H and O–H groups in total. The van der Waals surface area contributed by atoms with Crippen LogP contribution >= 0.6 is 23.2 Å². The molecule has 0 heterocycles. The molecule has 0 amide bonds. The van der Waals surface area contributed by atoms with Crippen LogP contribution in [0.15, 0.2) is 36.4 Å². The first-order valence-electron chi connectivity index (χ1n) is 5.57. The van der Waals surface area contributed by atoms with Crippen molar-refractivity contribution in [2.75, 3.05) is 7.11 Å². The number of nitrogens with two attached hydrogens (primary N) is 1. The van der Waals surface area contributed by atoms with Crippen molar-refractivity contribution in [2.24, 2.45) is 5.73 Å². The highest BCUT2D eigenvalue weighted by Crippen LogP contribution is 2.31. The average molecular weight is 300 g/mol. The van der Waals surface area contributed by atoms with Crippen LogP contribution in [0.1, 0.15) is 17.2 Å². The van der Waals surface area contributed by atoms with E-state index in [0.29, 0.717) is 21.9 Å². The molecule has 2 nitrogen and oxygen atoms in total. The molecule has 0 aliphatic carbocycles. The molecule has 5 heteroatoms. The van der Waals surface area contributed by atoms with Gasteiger partial charge in [0.1, 0.15) is 11.6 Å². The first-order chi connectivity index (χ1) is 9.04. The zero-order valence-corrected chi connectivity index (χ0v) is 11.7. The molecule has 1 atom stereocenters. The zero-order valence-electron chi connectivity index (χ0n) is 10.2. The van der Waals surface area contributed by atoms with Gasteiger partial charge in [-0.15, -0.1) is 0 Å². The summed E-state index contributed by atoms with van der Waals surface area (Å²) in [5.41, 5.74) is 7.06. The molecule has 0 saturated carbocycles. The molecule has 0 bridgehead atoms. The third kappa shape index (κ3) is 2.84. The van der Waals surface area contributed by atoms with Crippen molar-refractivity contribution < 1.29 is 9.13 Å². The molecule has 0 fully saturated rings. The summed E-state index contributed by atoms with van der Waals surface area (Å²) in [7, 11) is 1.53. The molecule has 0 aromatic heterocycles. The Hall–Kier alpha value is -1.29. The summed E-state index contributed by atoms with van der Waals surface area (Å²) in [5.74, 6) is 0.0350. The van der Waals surface area contributed by atoms with E-state index < -0.39 is 11.9 Å². The minimum atomic E-state index is -0.637. The van der Waals surface area contributed by atoms with Gasteiger partial charge < -0.3 is 10.5 Å². The van der Waals surface area contributed by atoms with Gasteiger partial charge in [-0.25, -0.2) is 4.39 Å². The number of hydrogen-bond acceptors (Lipinski definition) is 2. The van der Waals surface area contributed by atoms with Gasteiger partial charge in [0.25, 0.3) is 0 Å². The molecule has 1 unspecified atom stereocenters. The highest BCUT2D eigenvalue weighted by molar-refractivity contribution is 6.32. The predicted octanol–water partition coefficient (Wildman–Crippen LogP) is 4.19. The largest absolute Gasteiger partial charge is 0.495 e. The van der Waals surface area contributed by atoms with Crippen molar-refractivity contribution in [1.29, 1.82) is 0 Å². The fraction of sp³-hybridized carbons (Fsp3) is 0.143. The number of benzene rings is 2. The third-order valence-electron chi connectivity index (χ3n) is 2.85. The van der Waals surface area contributed by atoms with Gasteiger partial charge in [-0.05, 0) is 23.8 Å². The van der Waals surface area contributed by atoms with Crippen LogP contribution in [0.5, 0.6) is 5.75 Å². The van der Waals surface area contributed by atoms with Crippen LogP contribution in [0.4, 0.5) is 4.39 Å². The molecule has 0 aliphatic heterocycles. The van der Waals surface area contributed by atoms with E-state index in [9.17, 15) is 4.39 Å². The Kier molecular flexibility index (Phi) is 4.30. The van der Waals surface area contributed by atoms with E-state index in [-0.39, 0.29) is 5.02 Å². The van der Waals surface area contributed by atoms with E-state index in [4.69, 9.17) is 33.7 Å². The zero-order chi connectivity index (χ0) is 14.0. The van der Waals surface area contributed by atoms with Crippen LogP contribution < -0.4 is 10.5 Å². The van der Waals surface area contributed by atoms with Crippen molar-refractivity contribution in [3.63, 3.8) is 0 Å². The second-order valence-electron chi connectivity index (χ2n) is 4.01. The summed E-state index contributed by atoms with van der Waals surface area (Å²) in [6.07, 6.45) is 0. The Morgan fingerprint density at radius 1 is 1.16 bits per heavy atom. The van der Waals surface area contributed by atoms with Crippen molar-refractivity contribution in [2.45, 2.75) is 6.04 Å². The van der Waals surface area contributed by atoms with Crippen LogP contribution in [0.3, 0.4) is 0 Å². The molecule has 2 rings (SSSR count). The topological polar surface area (TPSA) is 35.2 Å². The Balaban J connectivity index is 2.41. The van der Waals surface area contributed by atoms with E-state index in [0.717, 1.165) is 0 Å².